The maximum absolute atomic E-state index is 12.1. The van der Waals surface area contributed by atoms with Crippen LogP contribution >= 0.6 is 22.9 Å². The lowest BCUT2D eigenvalue weighted by atomic mass is 9.93. The van der Waals surface area contributed by atoms with Crippen molar-refractivity contribution in [2.24, 2.45) is 0 Å². The van der Waals surface area contributed by atoms with Crippen LogP contribution in [0.3, 0.4) is 0 Å². The van der Waals surface area contributed by atoms with Crippen molar-refractivity contribution in [1.29, 1.82) is 0 Å². The molecule has 0 spiro atoms. The van der Waals surface area contributed by atoms with Crippen molar-refractivity contribution in [2.75, 3.05) is 24.3 Å². The summed E-state index contributed by atoms with van der Waals surface area (Å²) in [6.07, 6.45) is 4.33. The Balaban J connectivity index is 1.15. The van der Waals surface area contributed by atoms with E-state index in [1.165, 1.54) is 0 Å². The maximum atomic E-state index is 12.1. The third-order valence-electron chi connectivity index (χ3n) is 8.67. The van der Waals surface area contributed by atoms with E-state index in [0.29, 0.717) is 19.6 Å². The molecule has 3 aromatic heterocycles. The fourth-order valence-electron chi connectivity index (χ4n) is 6.26. The number of likely N-dealkylation sites (tertiary alicyclic amines) is 1. The molecule has 0 aliphatic carbocycles. The van der Waals surface area contributed by atoms with Crippen molar-refractivity contribution in [1.82, 2.24) is 24.8 Å². The number of aliphatic hydroxyl groups is 1. The molecule has 8 nitrogen and oxygen atoms in total. The summed E-state index contributed by atoms with van der Waals surface area (Å²) < 4.78 is 0. The minimum atomic E-state index is -0.234. The van der Waals surface area contributed by atoms with Crippen molar-refractivity contribution in [3.05, 3.63) is 88.2 Å². The van der Waals surface area contributed by atoms with Crippen LogP contribution in [0, 0.1) is 13.8 Å². The molecule has 5 heterocycles. The van der Waals surface area contributed by atoms with E-state index in [2.05, 4.69) is 71.5 Å². The van der Waals surface area contributed by atoms with E-state index in [1.807, 2.05) is 18.5 Å². The van der Waals surface area contributed by atoms with E-state index in [-0.39, 0.29) is 17.9 Å². The number of benzene rings is 2. The van der Waals surface area contributed by atoms with E-state index in [9.17, 15) is 9.90 Å². The fraction of sp³-hybridized carbons (Fsp3) is 0.294. The van der Waals surface area contributed by atoms with E-state index in [1.54, 1.807) is 16.2 Å². The smallest absolute Gasteiger partial charge is 0.238 e. The van der Waals surface area contributed by atoms with Crippen molar-refractivity contribution in [3.63, 3.8) is 0 Å². The molecular formula is C34H33ClN6O2S. The lowest BCUT2D eigenvalue weighted by Gasteiger charge is -2.17. The molecule has 2 N–H and O–H groups in total. The number of alkyl halides is 1. The zero-order chi connectivity index (χ0) is 30.4. The van der Waals surface area contributed by atoms with Gasteiger partial charge in [0.15, 0.2) is 5.82 Å². The number of nitrogens with one attached hydrogen (secondary N) is 1. The number of amides is 1. The Morgan fingerprint density at radius 3 is 2.64 bits per heavy atom. The zero-order valence-electron chi connectivity index (χ0n) is 24.7. The van der Waals surface area contributed by atoms with E-state index in [0.717, 1.165) is 90.9 Å². The molecule has 10 heteroatoms. The summed E-state index contributed by atoms with van der Waals surface area (Å²) in [6, 6.07) is 16.8. The maximum Gasteiger partial charge on any atom is 0.238 e. The Bertz CT molecular complexity index is 1870. The number of aromatic nitrogens is 3. The predicted molar refractivity (Wildman–Crippen MR) is 176 cm³/mol. The number of thiazole rings is 1. The van der Waals surface area contributed by atoms with Crippen molar-refractivity contribution < 1.29 is 9.90 Å². The quantitative estimate of drug-likeness (QED) is 0.202. The van der Waals surface area contributed by atoms with Gasteiger partial charge in [0.2, 0.25) is 5.91 Å². The second-order valence-electron chi connectivity index (χ2n) is 11.6. The van der Waals surface area contributed by atoms with Crippen LogP contribution in [0.4, 0.5) is 11.5 Å². The lowest BCUT2D eigenvalue weighted by Crippen LogP contribution is -2.26. The number of rotatable bonds is 7. The lowest BCUT2D eigenvalue weighted by molar-refractivity contribution is -0.129. The molecule has 0 radical (unpaired) electrons. The molecule has 1 atom stereocenters. The molecule has 2 aromatic carbocycles. The molecule has 0 bridgehead atoms. The van der Waals surface area contributed by atoms with Gasteiger partial charge in [0.25, 0.3) is 0 Å². The Hall–Kier alpha value is -3.89. The first-order valence-electron chi connectivity index (χ1n) is 14.8. The molecule has 44 heavy (non-hydrogen) atoms. The molecule has 0 unspecified atom stereocenters. The Kier molecular flexibility index (Phi) is 7.80. The number of aliphatic hydroxyl groups excluding tert-OH is 1. The topological polar surface area (TPSA) is 94.5 Å². The molecule has 2 aliphatic heterocycles. The van der Waals surface area contributed by atoms with Gasteiger partial charge in [0.05, 0.1) is 24.9 Å². The van der Waals surface area contributed by atoms with Gasteiger partial charge in [0.1, 0.15) is 16.4 Å². The van der Waals surface area contributed by atoms with Gasteiger partial charge in [-0.2, -0.15) is 0 Å². The highest BCUT2D eigenvalue weighted by Gasteiger charge is 2.27. The van der Waals surface area contributed by atoms with Crippen LogP contribution in [0.15, 0.2) is 60.9 Å². The van der Waals surface area contributed by atoms with Gasteiger partial charge in [-0.1, -0.05) is 30.3 Å². The highest BCUT2D eigenvalue weighted by molar-refractivity contribution is 7.15. The van der Waals surface area contributed by atoms with Gasteiger partial charge in [-0.3, -0.25) is 14.7 Å². The van der Waals surface area contributed by atoms with E-state index in [4.69, 9.17) is 21.6 Å². The average molecular weight is 625 g/mol. The first-order valence-corrected chi connectivity index (χ1v) is 16.2. The second kappa shape index (κ2) is 11.9. The average Bonchev–Trinajstić information content (AvgIpc) is 3.73. The van der Waals surface area contributed by atoms with Crippen LogP contribution in [0.1, 0.15) is 33.7 Å². The molecule has 7 rings (SSSR count). The number of carbonyl (C=O) groups is 1. The highest BCUT2D eigenvalue weighted by atomic mass is 35.5. The monoisotopic (exact) mass is 624 g/mol. The summed E-state index contributed by atoms with van der Waals surface area (Å²) in [5.74, 6) is 0.657. The molecule has 0 saturated carbocycles. The predicted octanol–water partition coefficient (Wildman–Crippen LogP) is 6.43. The van der Waals surface area contributed by atoms with Crippen LogP contribution in [-0.2, 0) is 24.4 Å². The Labute approximate surface area is 265 Å². The number of hydrogen-bond acceptors (Lipinski definition) is 8. The van der Waals surface area contributed by atoms with Crippen LogP contribution in [-0.4, -0.2) is 60.8 Å². The molecule has 224 valence electrons. The largest absolute Gasteiger partial charge is 0.392 e. The molecule has 1 saturated heterocycles. The molecule has 1 fully saturated rings. The summed E-state index contributed by atoms with van der Waals surface area (Å²) >= 11 is 7.42. The van der Waals surface area contributed by atoms with Crippen LogP contribution < -0.4 is 5.32 Å². The summed E-state index contributed by atoms with van der Waals surface area (Å²) in [5, 5.41) is 15.5. The van der Waals surface area contributed by atoms with Crippen LogP contribution in [0.5, 0.6) is 0 Å². The first-order chi connectivity index (χ1) is 21.4. The number of anilines is 2. The van der Waals surface area contributed by atoms with E-state index < -0.39 is 0 Å². The van der Waals surface area contributed by atoms with Crippen molar-refractivity contribution >= 4 is 51.3 Å². The minimum absolute atomic E-state index is 0.00444. The third-order valence-corrected chi connectivity index (χ3v) is 10.0. The van der Waals surface area contributed by atoms with Crippen LogP contribution in [0.2, 0.25) is 0 Å². The molecule has 1 amide bonds. The summed E-state index contributed by atoms with van der Waals surface area (Å²) in [6.45, 7) is 7.76. The normalized spacial score (nSPS) is 16.5. The Morgan fingerprint density at radius 2 is 1.86 bits per heavy atom. The number of pyridine rings is 2. The number of nitrogens with zero attached hydrogens (tertiary/aromatic N) is 5. The third kappa shape index (κ3) is 5.45. The highest BCUT2D eigenvalue weighted by Crippen LogP contribution is 2.40. The van der Waals surface area contributed by atoms with Gasteiger partial charge in [-0.15, -0.1) is 22.9 Å². The second-order valence-corrected chi connectivity index (χ2v) is 13.0. The number of carbonyl (C=O) groups excluding carboxylic acids is 1. The minimum Gasteiger partial charge on any atom is -0.392 e. The number of halogens is 1. The van der Waals surface area contributed by atoms with E-state index >= 15 is 0 Å². The number of fused-ring (bicyclic) bond motifs is 2. The van der Waals surface area contributed by atoms with Gasteiger partial charge < -0.3 is 15.3 Å². The standard InChI is InChI=1S/C34H33ClN6O2S/c1-20-25(5-3-7-27(20)34-39-29-18-41(31(43)14-35)19-30(29)44-34)26-6-4-8-28(21(26)2)38-33-32-23(9-11-36-33)13-22(15-37-32)16-40-12-10-24(42)17-40/h3-9,11,13,15,24,42H,10,12,14,16-19H2,1-2H3,(H,36,38)/t24-/m1/s1. The molecular weight excluding hydrogens is 592 g/mol. The summed E-state index contributed by atoms with van der Waals surface area (Å²) in [7, 11) is 0. The first kappa shape index (κ1) is 28.9. The van der Waals surface area contributed by atoms with Gasteiger partial charge in [0, 0.05) is 53.5 Å². The van der Waals surface area contributed by atoms with Crippen molar-refractivity contribution in [3.8, 4) is 21.7 Å². The number of β-amino-alcohol motifs (C(OH)–C–C–N with tert-alkyl or cyclic N) is 1. The summed E-state index contributed by atoms with van der Waals surface area (Å²) in [4.78, 5) is 31.6. The van der Waals surface area contributed by atoms with Gasteiger partial charge in [-0.05, 0) is 66.3 Å². The van der Waals surface area contributed by atoms with Gasteiger partial charge >= 0.3 is 0 Å². The molecule has 5 aromatic rings. The summed E-state index contributed by atoms with van der Waals surface area (Å²) in [5.41, 5.74) is 9.57. The molecule has 2 aliphatic rings. The number of hydrogen-bond donors (Lipinski definition) is 2. The van der Waals surface area contributed by atoms with Crippen molar-refractivity contribution in [2.45, 2.75) is 46.0 Å². The zero-order valence-corrected chi connectivity index (χ0v) is 26.3. The SMILES string of the molecule is Cc1c(Nc2nccc3cc(CN4CC[C@@H](O)C4)cnc23)cccc1-c1cccc(-c2nc3c(s2)CN(C(=O)CCl)C3)c1C. The van der Waals surface area contributed by atoms with Crippen LogP contribution in [0.25, 0.3) is 32.6 Å². The fourth-order valence-corrected chi connectivity index (χ4v) is 7.60. The Morgan fingerprint density at radius 1 is 1.07 bits per heavy atom. The van der Waals surface area contributed by atoms with Gasteiger partial charge in [-0.25, -0.2) is 9.97 Å².